The van der Waals surface area contributed by atoms with Crippen LogP contribution in [0.15, 0.2) is 18.3 Å². The third-order valence-corrected chi connectivity index (χ3v) is 2.20. The summed E-state index contributed by atoms with van der Waals surface area (Å²) in [7, 11) is 0. The van der Waals surface area contributed by atoms with E-state index in [4.69, 9.17) is 0 Å². The Labute approximate surface area is 84.3 Å². The lowest BCUT2D eigenvalue weighted by Gasteiger charge is -1.98. The van der Waals surface area contributed by atoms with Gasteiger partial charge in [-0.3, -0.25) is 14.8 Å². The molecule has 0 aliphatic rings. The first kappa shape index (κ1) is 9.57. The molecule has 0 N–H and O–H groups in total. The number of hydrogen-bond donors (Lipinski definition) is 0. The highest BCUT2D eigenvalue weighted by Crippen LogP contribution is 2.26. The van der Waals surface area contributed by atoms with E-state index < -0.39 is 10.7 Å². The summed E-state index contributed by atoms with van der Waals surface area (Å²) in [5.74, 6) is -0.621. The van der Waals surface area contributed by atoms with Crippen LogP contribution < -0.4 is 0 Å². The summed E-state index contributed by atoms with van der Waals surface area (Å²) >= 11 is 0. The normalized spacial score (nSPS) is 10.8. The van der Waals surface area contributed by atoms with Crippen LogP contribution in [0, 0.1) is 15.9 Å². The molecule has 0 amide bonds. The molecule has 2 aromatic rings. The van der Waals surface area contributed by atoms with Gasteiger partial charge in [0.2, 0.25) is 0 Å². The molecule has 1 aromatic carbocycles. The highest BCUT2D eigenvalue weighted by Gasteiger charge is 2.16. The second kappa shape index (κ2) is 3.30. The summed E-state index contributed by atoms with van der Waals surface area (Å²) in [6, 6.07) is 2.16. The topological polar surface area (TPSA) is 61.0 Å². The number of benzene rings is 1. The third-order valence-electron chi connectivity index (χ3n) is 2.20. The van der Waals surface area contributed by atoms with Crippen LogP contribution in [0.25, 0.3) is 10.9 Å². The molecule has 0 aliphatic heterocycles. The SMILES string of the molecule is CCn1ncc2c([N+](=O)[O-])cc(F)cc21. The average molecular weight is 209 g/mol. The standard InChI is InChI=1S/C9H8FN3O2/c1-2-12-8-3-6(10)4-9(13(14)15)7(8)5-11-12/h3-5H,2H2,1H3. The predicted octanol–water partition coefficient (Wildman–Crippen LogP) is 2.10. The van der Waals surface area contributed by atoms with Crippen molar-refractivity contribution < 1.29 is 9.31 Å². The van der Waals surface area contributed by atoms with E-state index in [0.717, 1.165) is 6.07 Å². The molecule has 0 atom stereocenters. The Kier molecular flexibility index (Phi) is 2.11. The van der Waals surface area contributed by atoms with E-state index in [9.17, 15) is 14.5 Å². The molecule has 0 fully saturated rings. The minimum absolute atomic E-state index is 0.246. The van der Waals surface area contributed by atoms with Crippen molar-refractivity contribution in [2.75, 3.05) is 0 Å². The van der Waals surface area contributed by atoms with Crippen LogP contribution in [-0.2, 0) is 6.54 Å². The fourth-order valence-corrected chi connectivity index (χ4v) is 1.53. The number of nitrogens with zero attached hydrogens (tertiary/aromatic N) is 3. The summed E-state index contributed by atoms with van der Waals surface area (Å²) in [6.45, 7) is 2.38. The number of fused-ring (bicyclic) bond motifs is 1. The van der Waals surface area contributed by atoms with Gasteiger partial charge in [0.05, 0.1) is 28.1 Å². The molecule has 0 radical (unpaired) electrons. The molecule has 0 saturated carbocycles. The van der Waals surface area contributed by atoms with Gasteiger partial charge in [0.15, 0.2) is 0 Å². The van der Waals surface area contributed by atoms with Gasteiger partial charge in [-0.05, 0) is 6.92 Å². The van der Waals surface area contributed by atoms with E-state index in [1.54, 1.807) is 0 Å². The lowest BCUT2D eigenvalue weighted by Crippen LogP contribution is -1.96. The molecule has 1 heterocycles. The number of hydrogen-bond acceptors (Lipinski definition) is 3. The average Bonchev–Trinajstić information content (AvgIpc) is 2.58. The Morgan fingerprint density at radius 3 is 2.93 bits per heavy atom. The fourth-order valence-electron chi connectivity index (χ4n) is 1.53. The molecule has 1 aromatic heterocycles. The Morgan fingerprint density at radius 2 is 2.33 bits per heavy atom. The van der Waals surface area contributed by atoms with Crippen LogP contribution in [-0.4, -0.2) is 14.7 Å². The van der Waals surface area contributed by atoms with Crippen LogP contribution in [0.5, 0.6) is 0 Å². The Balaban J connectivity index is 2.82. The summed E-state index contributed by atoms with van der Waals surface area (Å²) in [4.78, 5) is 10.1. The van der Waals surface area contributed by atoms with Crippen molar-refractivity contribution in [1.82, 2.24) is 9.78 Å². The monoisotopic (exact) mass is 209 g/mol. The molecule has 6 heteroatoms. The zero-order chi connectivity index (χ0) is 11.0. The number of nitro groups is 1. The molecule has 2 rings (SSSR count). The van der Waals surface area contributed by atoms with E-state index in [1.807, 2.05) is 6.92 Å². The van der Waals surface area contributed by atoms with Gasteiger partial charge in [-0.15, -0.1) is 0 Å². The van der Waals surface area contributed by atoms with E-state index in [-0.39, 0.29) is 5.69 Å². The molecule has 5 nitrogen and oxygen atoms in total. The molecule has 0 saturated heterocycles. The number of aromatic nitrogens is 2. The summed E-state index contributed by atoms with van der Waals surface area (Å²) in [5.41, 5.74) is 0.203. The minimum atomic E-state index is -0.621. The minimum Gasteiger partial charge on any atom is -0.265 e. The third kappa shape index (κ3) is 1.43. The van der Waals surface area contributed by atoms with Crippen molar-refractivity contribution in [2.45, 2.75) is 13.5 Å². The summed E-state index contributed by atoms with van der Waals surface area (Å²) < 4.78 is 14.6. The summed E-state index contributed by atoms with van der Waals surface area (Å²) in [6.07, 6.45) is 1.39. The Bertz CT molecular complexity index is 535. The van der Waals surface area contributed by atoms with Crippen molar-refractivity contribution in [1.29, 1.82) is 0 Å². The first-order valence-electron chi connectivity index (χ1n) is 4.43. The van der Waals surface area contributed by atoms with Gasteiger partial charge in [0.25, 0.3) is 5.69 Å². The van der Waals surface area contributed by atoms with Gasteiger partial charge < -0.3 is 0 Å². The molecule has 78 valence electrons. The second-order valence-electron chi connectivity index (χ2n) is 3.08. The fraction of sp³-hybridized carbons (Fsp3) is 0.222. The first-order chi connectivity index (χ1) is 7.13. The lowest BCUT2D eigenvalue weighted by molar-refractivity contribution is -0.383. The van der Waals surface area contributed by atoms with Gasteiger partial charge in [-0.2, -0.15) is 5.10 Å². The number of rotatable bonds is 2. The molecule has 0 aliphatic carbocycles. The van der Waals surface area contributed by atoms with Crippen LogP contribution in [0.4, 0.5) is 10.1 Å². The molecular weight excluding hydrogens is 201 g/mol. The van der Waals surface area contributed by atoms with E-state index >= 15 is 0 Å². The van der Waals surface area contributed by atoms with E-state index in [1.165, 1.54) is 16.9 Å². The second-order valence-corrected chi connectivity index (χ2v) is 3.08. The Morgan fingerprint density at radius 1 is 1.60 bits per heavy atom. The van der Waals surface area contributed by atoms with Crippen LogP contribution in [0.1, 0.15) is 6.92 Å². The van der Waals surface area contributed by atoms with E-state index in [2.05, 4.69) is 5.10 Å². The number of halogens is 1. The van der Waals surface area contributed by atoms with Crippen LogP contribution in [0.3, 0.4) is 0 Å². The van der Waals surface area contributed by atoms with E-state index in [0.29, 0.717) is 17.4 Å². The molecule has 15 heavy (non-hydrogen) atoms. The summed E-state index contributed by atoms with van der Waals surface area (Å²) in [5, 5.41) is 15.0. The largest absolute Gasteiger partial charge is 0.283 e. The van der Waals surface area contributed by atoms with Gasteiger partial charge in [-0.1, -0.05) is 0 Å². The molecule has 0 bridgehead atoms. The molecular formula is C9H8FN3O2. The first-order valence-corrected chi connectivity index (χ1v) is 4.43. The Hall–Kier alpha value is -1.98. The molecule has 0 spiro atoms. The highest BCUT2D eigenvalue weighted by atomic mass is 19.1. The van der Waals surface area contributed by atoms with Crippen LogP contribution >= 0.6 is 0 Å². The lowest BCUT2D eigenvalue weighted by atomic mass is 10.2. The quantitative estimate of drug-likeness (QED) is 0.562. The number of nitro benzene ring substituents is 1. The smallest absolute Gasteiger partial charge is 0.265 e. The van der Waals surface area contributed by atoms with Gasteiger partial charge in [0.1, 0.15) is 5.82 Å². The van der Waals surface area contributed by atoms with Crippen molar-refractivity contribution >= 4 is 16.6 Å². The van der Waals surface area contributed by atoms with Gasteiger partial charge in [-0.25, -0.2) is 4.39 Å². The zero-order valence-electron chi connectivity index (χ0n) is 7.98. The maximum atomic E-state index is 13.1. The molecule has 0 unspecified atom stereocenters. The maximum absolute atomic E-state index is 13.1. The zero-order valence-corrected chi connectivity index (χ0v) is 7.98. The van der Waals surface area contributed by atoms with Crippen molar-refractivity contribution in [3.8, 4) is 0 Å². The van der Waals surface area contributed by atoms with Crippen molar-refractivity contribution in [3.63, 3.8) is 0 Å². The van der Waals surface area contributed by atoms with Crippen molar-refractivity contribution in [2.24, 2.45) is 0 Å². The number of non-ortho nitro benzene ring substituents is 1. The van der Waals surface area contributed by atoms with Gasteiger partial charge >= 0.3 is 0 Å². The van der Waals surface area contributed by atoms with Crippen LogP contribution in [0.2, 0.25) is 0 Å². The predicted molar refractivity (Wildman–Crippen MR) is 52.0 cm³/mol. The van der Waals surface area contributed by atoms with Crippen molar-refractivity contribution in [3.05, 3.63) is 34.3 Å². The highest BCUT2D eigenvalue weighted by molar-refractivity contribution is 5.87. The number of aryl methyl sites for hydroxylation is 1. The van der Waals surface area contributed by atoms with Gasteiger partial charge in [0, 0.05) is 12.6 Å². The maximum Gasteiger partial charge on any atom is 0.283 e.